The second-order valence-corrected chi connectivity index (χ2v) is 6.00. The number of phenols is 1. The molecule has 0 saturated carbocycles. The smallest absolute Gasteiger partial charge is 0.127 e. The van der Waals surface area contributed by atoms with E-state index in [0.717, 1.165) is 24.0 Å². The zero-order chi connectivity index (χ0) is 14.5. The van der Waals surface area contributed by atoms with Gasteiger partial charge in [-0.05, 0) is 44.4 Å². The van der Waals surface area contributed by atoms with Crippen LogP contribution in [0.25, 0.3) is 0 Å². The van der Waals surface area contributed by atoms with Crippen molar-refractivity contribution >= 4 is 0 Å². The van der Waals surface area contributed by atoms with Gasteiger partial charge in [-0.15, -0.1) is 0 Å². The van der Waals surface area contributed by atoms with E-state index >= 15 is 0 Å². The number of hydrogen-bond acceptors (Lipinski definition) is 3. The first-order valence-corrected chi connectivity index (χ1v) is 6.73. The Labute approximate surface area is 114 Å². The quantitative estimate of drug-likeness (QED) is 0.764. The van der Waals surface area contributed by atoms with Crippen LogP contribution in [0.15, 0.2) is 29.8 Å². The number of benzene rings is 1. The molecule has 2 atom stereocenters. The standard InChI is InChI=1S/C16H20O3/c1-16(2)12-7-6-10(9-17)8-11(12)15-13(18)4-3-5-14(15)19-16/h3-6,11-12,17-18H,7-9H2,1-2H3/t11-,12-/m0/s1/i3D. The molecule has 0 radical (unpaired) electrons. The summed E-state index contributed by atoms with van der Waals surface area (Å²) < 4.78 is 13.8. The van der Waals surface area contributed by atoms with E-state index < -0.39 is 0 Å². The van der Waals surface area contributed by atoms with Crippen LogP contribution in [0.2, 0.25) is 0 Å². The van der Waals surface area contributed by atoms with Gasteiger partial charge in [0.25, 0.3) is 0 Å². The number of fused-ring (bicyclic) bond motifs is 3. The van der Waals surface area contributed by atoms with Gasteiger partial charge < -0.3 is 14.9 Å². The summed E-state index contributed by atoms with van der Waals surface area (Å²) in [5.74, 6) is 1.16. The summed E-state index contributed by atoms with van der Waals surface area (Å²) in [4.78, 5) is 0. The third kappa shape index (κ3) is 1.93. The monoisotopic (exact) mass is 261 g/mol. The summed E-state index contributed by atoms with van der Waals surface area (Å²) in [5.41, 5.74) is 1.48. The predicted molar refractivity (Wildman–Crippen MR) is 73.4 cm³/mol. The molecule has 0 aromatic heterocycles. The fraction of sp³-hybridized carbons (Fsp3) is 0.500. The zero-order valence-electron chi connectivity index (χ0n) is 12.3. The number of hydrogen-bond donors (Lipinski definition) is 2. The average Bonchev–Trinajstić information content (AvgIpc) is 2.36. The Morgan fingerprint density at radius 2 is 2.26 bits per heavy atom. The highest BCUT2D eigenvalue weighted by atomic mass is 16.5. The van der Waals surface area contributed by atoms with Crippen molar-refractivity contribution in [3.63, 3.8) is 0 Å². The molecule has 102 valence electrons. The van der Waals surface area contributed by atoms with E-state index in [1.54, 1.807) is 6.07 Å². The minimum atomic E-state index is -0.338. The number of aliphatic hydroxyl groups is 1. The maximum atomic E-state index is 10.2. The van der Waals surface area contributed by atoms with Gasteiger partial charge in [0, 0.05) is 17.4 Å². The first-order valence-electron chi connectivity index (χ1n) is 7.23. The number of rotatable bonds is 1. The summed E-state index contributed by atoms with van der Waals surface area (Å²) in [7, 11) is 0. The van der Waals surface area contributed by atoms with Gasteiger partial charge in [0.15, 0.2) is 0 Å². The van der Waals surface area contributed by atoms with Crippen molar-refractivity contribution < 1.29 is 16.3 Å². The minimum absolute atomic E-state index is 0.0666. The molecule has 2 aliphatic rings. The van der Waals surface area contributed by atoms with Gasteiger partial charge in [-0.3, -0.25) is 0 Å². The Balaban J connectivity index is 2.13. The van der Waals surface area contributed by atoms with E-state index in [1.165, 1.54) is 6.07 Å². The summed E-state index contributed by atoms with van der Waals surface area (Å²) in [6, 6.07) is 3.39. The van der Waals surface area contributed by atoms with Crippen LogP contribution >= 0.6 is 0 Å². The molecule has 3 heteroatoms. The molecule has 3 rings (SSSR count). The molecule has 3 nitrogen and oxygen atoms in total. The lowest BCUT2D eigenvalue weighted by molar-refractivity contribution is 0.00683. The van der Waals surface area contributed by atoms with Gasteiger partial charge in [0.1, 0.15) is 17.1 Å². The highest BCUT2D eigenvalue weighted by Crippen LogP contribution is 2.53. The van der Waals surface area contributed by atoms with Gasteiger partial charge in [-0.25, -0.2) is 0 Å². The maximum Gasteiger partial charge on any atom is 0.127 e. The molecule has 2 N–H and O–H groups in total. The van der Waals surface area contributed by atoms with Crippen LogP contribution in [-0.4, -0.2) is 22.4 Å². The molecule has 0 fully saturated rings. The first kappa shape index (κ1) is 11.4. The van der Waals surface area contributed by atoms with Crippen molar-refractivity contribution in [2.45, 2.75) is 38.2 Å². The van der Waals surface area contributed by atoms with Crippen molar-refractivity contribution in [1.29, 1.82) is 0 Å². The third-order valence-electron chi connectivity index (χ3n) is 4.44. The SMILES string of the molecule is [2H]c1cc(O)c2c(c1)OC(C)(C)[C@H]1CC=C(CO)C[C@H]21. The highest BCUT2D eigenvalue weighted by molar-refractivity contribution is 5.50. The summed E-state index contributed by atoms with van der Waals surface area (Å²) in [6.45, 7) is 4.18. The maximum absolute atomic E-state index is 10.2. The number of phenolic OH excluding ortho intramolecular Hbond substituents is 1. The van der Waals surface area contributed by atoms with Crippen molar-refractivity contribution in [2.24, 2.45) is 5.92 Å². The Bertz CT molecular complexity index is 577. The van der Waals surface area contributed by atoms with Gasteiger partial charge in [-0.2, -0.15) is 0 Å². The minimum Gasteiger partial charge on any atom is -0.508 e. The Hall–Kier alpha value is -1.48. The molecule has 0 saturated heterocycles. The number of allylic oxidation sites excluding steroid dienone is 1. The normalized spacial score (nSPS) is 28.6. The Morgan fingerprint density at radius 1 is 1.47 bits per heavy atom. The molecule has 0 unspecified atom stereocenters. The molecule has 1 aliphatic heterocycles. The molecule has 1 aromatic carbocycles. The molecule has 19 heavy (non-hydrogen) atoms. The Morgan fingerprint density at radius 3 is 3.00 bits per heavy atom. The lowest BCUT2D eigenvalue weighted by Gasteiger charge is -2.47. The van der Waals surface area contributed by atoms with Gasteiger partial charge in [0.05, 0.1) is 7.98 Å². The van der Waals surface area contributed by atoms with E-state index in [0.29, 0.717) is 5.75 Å². The first-order chi connectivity index (χ1) is 9.42. The number of aromatic hydroxyl groups is 1. The van der Waals surface area contributed by atoms with Crippen LogP contribution in [0.3, 0.4) is 0 Å². The predicted octanol–water partition coefficient (Wildman–Crippen LogP) is 2.98. The van der Waals surface area contributed by atoms with Crippen LogP contribution in [0.4, 0.5) is 0 Å². The molecule has 0 amide bonds. The van der Waals surface area contributed by atoms with Gasteiger partial charge in [-0.1, -0.05) is 12.1 Å². The highest BCUT2D eigenvalue weighted by Gasteiger charge is 2.45. The molecule has 1 aromatic rings. The molecular formula is C16H20O3. The van der Waals surface area contributed by atoms with E-state index in [9.17, 15) is 10.2 Å². The van der Waals surface area contributed by atoms with Crippen LogP contribution < -0.4 is 4.74 Å². The van der Waals surface area contributed by atoms with E-state index in [4.69, 9.17) is 6.11 Å². The second kappa shape index (κ2) is 4.27. The summed E-state index contributed by atoms with van der Waals surface area (Å²) in [5, 5.41) is 19.6. The van der Waals surface area contributed by atoms with Gasteiger partial charge in [0.2, 0.25) is 0 Å². The van der Waals surface area contributed by atoms with Crippen molar-refractivity contribution in [1.82, 2.24) is 0 Å². The van der Waals surface area contributed by atoms with Crippen molar-refractivity contribution in [2.75, 3.05) is 6.61 Å². The van der Waals surface area contributed by atoms with E-state index in [-0.39, 0.29) is 35.8 Å². The van der Waals surface area contributed by atoms with Crippen LogP contribution in [-0.2, 0) is 0 Å². The van der Waals surface area contributed by atoms with E-state index in [2.05, 4.69) is 19.9 Å². The van der Waals surface area contributed by atoms with Crippen LogP contribution in [0.1, 0.15) is 39.5 Å². The molecule has 0 bridgehead atoms. The van der Waals surface area contributed by atoms with E-state index in [1.807, 2.05) is 0 Å². The molecule has 1 aliphatic carbocycles. The summed E-state index contributed by atoms with van der Waals surface area (Å²) in [6.07, 6.45) is 3.67. The lowest BCUT2D eigenvalue weighted by Crippen LogP contribution is -2.45. The van der Waals surface area contributed by atoms with Crippen LogP contribution in [0.5, 0.6) is 11.5 Å². The third-order valence-corrected chi connectivity index (χ3v) is 4.44. The number of aliphatic hydroxyl groups excluding tert-OH is 1. The largest absolute Gasteiger partial charge is 0.508 e. The number of ether oxygens (including phenoxy) is 1. The Kier molecular flexibility index (Phi) is 2.55. The fourth-order valence-electron chi connectivity index (χ4n) is 3.46. The second-order valence-electron chi connectivity index (χ2n) is 6.00. The zero-order valence-corrected chi connectivity index (χ0v) is 11.3. The topological polar surface area (TPSA) is 49.7 Å². The fourth-order valence-corrected chi connectivity index (χ4v) is 3.46. The molecule has 1 heterocycles. The van der Waals surface area contributed by atoms with Gasteiger partial charge >= 0.3 is 0 Å². The van der Waals surface area contributed by atoms with Crippen molar-refractivity contribution in [3.05, 3.63) is 35.4 Å². The lowest BCUT2D eigenvalue weighted by atomic mass is 9.67. The molecule has 0 spiro atoms. The van der Waals surface area contributed by atoms with Crippen LogP contribution in [0, 0.1) is 5.92 Å². The average molecular weight is 261 g/mol. The molecular weight excluding hydrogens is 240 g/mol. The summed E-state index contributed by atoms with van der Waals surface area (Å²) >= 11 is 0. The van der Waals surface area contributed by atoms with Crippen molar-refractivity contribution in [3.8, 4) is 11.5 Å².